The number of nitrogens with zero attached hydrogens (tertiary/aromatic N) is 1. The predicted octanol–water partition coefficient (Wildman–Crippen LogP) is 6.96. The van der Waals surface area contributed by atoms with Gasteiger partial charge in [-0.05, 0) is 123 Å². The molecule has 1 N–H and O–H groups in total. The molecular weight excluding hydrogens is 471 g/mol. The van der Waals surface area contributed by atoms with Crippen molar-refractivity contribution < 1.29 is 14.1 Å². The lowest BCUT2D eigenvalue weighted by Gasteiger charge is -2.45. The molecule has 1 amide bonds. The van der Waals surface area contributed by atoms with E-state index in [1.54, 1.807) is 0 Å². The Bertz CT molecular complexity index is 948. The Balaban J connectivity index is 1.37. The molecule has 4 rings (SSSR count). The largest absolute Gasteiger partial charge is 0.457 e. The maximum atomic E-state index is 13.8. The second-order valence-corrected chi connectivity index (χ2v) is 14.5. The van der Waals surface area contributed by atoms with Gasteiger partial charge < -0.3 is 14.6 Å². The van der Waals surface area contributed by atoms with Crippen molar-refractivity contribution in [3.63, 3.8) is 0 Å². The van der Waals surface area contributed by atoms with Gasteiger partial charge in [0.25, 0.3) is 0 Å². The first-order chi connectivity index (χ1) is 17.7. The minimum atomic E-state index is -0.361. The molecule has 2 fully saturated rings. The molecule has 3 aliphatic rings. The van der Waals surface area contributed by atoms with Crippen LogP contribution >= 0.6 is 0 Å². The van der Waals surface area contributed by atoms with Crippen molar-refractivity contribution in [2.24, 2.45) is 11.3 Å². The molecule has 1 aromatic carbocycles. The number of rotatable bonds is 8. The lowest BCUT2D eigenvalue weighted by atomic mass is 9.67. The summed E-state index contributed by atoms with van der Waals surface area (Å²) in [5.41, 5.74) is 1.90. The van der Waals surface area contributed by atoms with Gasteiger partial charge in [-0.2, -0.15) is 0 Å². The first-order valence-corrected chi connectivity index (χ1v) is 15.2. The maximum absolute atomic E-state index is 13.8. The lowest BCUT2D eigenvalue weighted by molar-refractivity contribution is -0.137. The molecule has 5 nitrogen and oxygen atoms in total. The minimum Gasteiger partial charge on any atom is -0.403 e. The molecule has 0 spiro atoms. The molecule has 1 aliphatic carbocycles. The fourth-order valence-corrected chi connectivity index (χ4v) is 6.83. The third-order valence-corrected chi connectivity index (χ3v) is 9.90. The van der Waals surface area contributed by atoms with Gasteiger partial charge >= 0.3 is 7.12 Å². The van der Waals surface area contributed by atoms with E-state index in [4.69, 9.17) is 9.31 Å². The molecule has 0 aromatic heterocycles. The Morgan fingerprint density at radius 3 is 2.26 bits per heavy atom. The summed E-state index contributed by atoms with van der Waals surface area (Å²) in [4.78, 5) is 16.5. The number of hydrogen-bond acceptors (Lipinski definition) is 4. The number of benzene rings is 1. The Kier molecular flexibility index (Phi) is 8.77. The van der Waals surface area contributed by atoms with Gasteiger partial charge in [0, 0.05) is 17.0 Å². The highest BCUT2D eigenvalue weighted by Gasteiger charge is 2.50. The number of piperidine rings is 1. The molecule has 212 valence electrons. The zero-order valence-electron chi connectivity index (χ0n) is 25.5. The van der Waals surface area contributed by atoms with Crippen LogP contribution in [0.25, 0.3) is 0 Å². The van der Waals surface area contributed by atoms with Crippen LogP contribution in [-0.4, -0.2) is 47.8 Å². The standard InChI is InChI=1S/C32H53BN2O3/c1-29(2,3)34-28(36)32(8,20-11-12-21-33-37-30(4,5)31(6,7)38-33)25-18-22-35(23-19-25)27-17-13-15-24-14-9-10-16-26(24)27/h9-10,14,16,25,27H,11-13,15,17-23H2,1-8H3,(H,34,36). The molecule has 2 unspecified atom stereocenters. The van der Waals surface area contributed by atoms with E-state index >= 15 is 0 Å². The number of carbonyl (C=O) groups excluding carboxylic acids is 1. The number of carbonyl (C=O) groups is 1. The Morgan fingerprint density at radius 2 is 1.63 bits per heavy atom. The van der Waals surface area contributed by atoms with Gasteiger partial charge in [0.05, 0.1) is 11.2 Å². The molecule has 2 saturated heterocycles. The highest BCUT2D eigenvalue weighted by Crippen LogP contribution is 2.44. The van der Waals surface area contributed by atoms with Crippen molar-refractivity contribution in [2.75, 3.05) is 13.1 Å². The summed E-state index contributed by atoms with van der Waals surface area (Å²) in [6.07, 6.45) is 9.71. The third kappa shape index (κ3) is 6.50. The fourth-order valence-electron chi connectivity index (χ4n) is 6.83. The second-order valence-electron chi connectivity index (χ2n) is 14.5. The Morgan fingerprint density at radius 1 is 1.00 bits per heavy atom. The van der Waals surface area contributed by atoms with Crippen LogP contribution in [0.2, 0.25) is 6.32 Å². The lowest BCUT2D eigenvalue weighted by Crippen LogP contribution is -2.53. The van der Waals surface area contributed by atoms with E-state index in [1.807, 2.05) is 0 Å². The molecule has 2 aliphatic heterocycles. The number of hydrogen-bond donors (Lipinski definition) is 1. The molecule has 2 atom stereocenters. The number of aryl methyl sites for hydroxylation is 1. The van der Waals surface area contributed by atoms with E-state index < -0.39 is 0 Å². The first kappa shape index (κ1) is 29.6. The SMILES string of the molecule is CC(C)(C)NC(=O)C(C)(CCCCB1OC(C)(C)C(C)(C)O1)C1CCN(C2CCCc3ccccc32)CC1. The van der Waals surface area contributed by atoms with Crippen LogP contribution in [0.5, 0.6) is 0 Å². The number of unbranched alkanes of at least 4 members (excludes halogenated alkanes) is 1. The summed E-state index contributed by atoms with van der Waals surface area (Å²) in [7, 11) is -0.156. The highest BCUT2D eigenvalue weighted by atomic mass is 16.7. The van der Waals surface area contributed by atoms with Crippen molar-refractivity contribution in [1.82, 2.24) is 10.2 Å². The number of amides is 1. The minimum absolute atomic E-state index is 0.156. The topological polar surface area (TPSA) is 50.8 Å². The highest BCUT2D eigenvalue weighted by molar-refractivity contribution is 6.45. The summed E-state index contributed by atoms with van der Waals surface area (Å²) < 4.78 is 12.4. The number of fused-ring (bicyclic) bond motifs is 1. The van der Waals surface area contributed by atoms with Crippen LogP contribution in [0.1, 0.15) is 118 Å². The summed E-state index contributed by atoms with van der Waals surface area (Å²) >= 11 is 0. The first-order valence-electron chi connectivity index (χ1n) is 15.2. The summed E-state index contributed by atoms with van der Waals surface area (Å²) in [5.74, 6) is 0.624. The maximum Gasteiger partial charge on any atom is 0.457 e. The van der Waals surface area contributed by atoms with Gasteiger partial charge in [0.15, 0.2) is 0 Å². The van der Waals surface area contributed by atoms with Gasteiger partial charge in [0.2, 0.25) is 5.91 Å². The number of likely N-dealkylation sites (tertiary alicyclic amines) is 1. The number of nitrogens with one attached hydrogen (secondary N) is 1. The molecule has 0 radical (unpaired) electrons. The van der Waals surface area contributed by atoms with Crippen LogP contribution < -0.4 is 5.32 Å². The van der Waals surface area contributed by atoms with Crippen molar-refractivity contribution in [3.05, 3.63) is 35.4 Å². The third-order valence-electron chi connectivity index (χ3n) is 9.90. The van der Waals surface area contributed by atoms with E-state index in [9.17, 15) is 4.79 Å². The normalized spacial score (nSPS) is 25.6. The molecular formula is C32H53BN2O3. The van der Waals surface area contributed by atoms with E-state index in [0.717, 1.165) is 51.5 Å². The smallest absolute Gasteiger partial charge is 0.403 e. The van der Waals surface area contributed by atoms with Gasteiger partial charge in [-0.15, -0.1) is 0 Å². The molecule has 6 heteroatoms. The van der Waals surface area contributed by atoms with Crippen molar-refractivity contribution in [1.29, 1.82) is 0 Å². The van der Waals surface area contributed by atoms with Crippen molar-refractivity contribution >= 4 is 13.0 Å². The molecule has 1 aromatic rings. The second kappa shape index (κ2) is 11.3. The predicted molar refractivity (Wildman–Crippen MR) is 157 cm³/mol. The van der Waals surface area contributed by atoms with Crippen LogP contribution in [-0.2, 0) is 20.5 Å². The van der Waals surface area contributed by atoms with Crippen LogP contribution in [0, 0.1) is 11.3 Å². The van der Waals surface area contributed by atoms with Crippen molar-refractivity contribution in [2.45, 2.75) is 136 Å². The summed E-state index contributed by atoms with van der Waals surface area (Å²) in [6, 6.07) is 9.56. The monoisotopic (exact) mass is 524 g/mol. The van der Waals surface area contributed by atoms with Gasteiger partial charge in [-0.3, -0.25) is 9.69 Å². The van der Waals surface area contributed by atoms with Crippen molar-refractivity contribution in [3.8, 4) is 0 Å². The average Bonchev–Trinajstić information content (AvgIpc) is 3.06. The van der Waals surface area contributed by atoms with E-state index in [1.165, 1.54) is 30.4 Å². The van der Waals surface area contributed by atoms with Gasteiger partial charge in [-0.25, -0.2) is 0 Å². The summed E-state index contributed by atoms with van der Waals surface area (Å²) in [6.45, 7) is 19.1. The van der Waals surface area contributed by atoms with Crippen LogP contribution in [0.4, 0.5) is 0 Å². The zero-order chi connectivity index (χ0) is 27.8. The molecule has 0 saturated carbocycles. The summed E-state index contributed by atoms with van der Waals surface area (Å²) in [5, 5.41) is 3.35. The van der Waals surface area contributed by atoms with E-state index in [0.29, 0.717) is 12.0 Å². The average molecular weight is 525 g/mol. The zero-order valence-corrected chi connectivity index (χ0v) is 25.5. The van der Waals surface area contributed by atoms with E-state index in [-0.39, 0.29) is 35.2 Å². The Labute approximate surface area is 232 Å². The van der Waals surface area contributed by atoms with Crippen LogP contribution in [0.15, 0.2) is 24.3 Å². The molecule has 2 heterocycles. The fraction of sp³-hybridized carbons (Fsp3) is 0.781. The van der Waals surface area contributed by atoms with Gasteiger partial charge in [-0.1, -0.05) is 44.0 Å². The molecule has 38 heavy (non-hydrogen) atoms. The molecule has 0 bridgehead atoms. The quantitative estimate of drug-likeness (QED) is 0.295. The van der Waals surface area contributed by atoms with E-state index in [2.05, 4.69) is 89.9 Å². The Hall–Kier alpha value is -1.37. The van der Waals surface area contributed by atoms with Crippen LogP contribution in [0.3, 0.4) is 0 Å². The van der Waals surface area contributed by atoms with Gasteiger partial charge in [0.1, 0.15) is 0 Å².